The molecule has 1 N–H and O–H groups in total. The summed E-state index contributed by atoms with van der Waals surface area (Å²) in [5.74, 6) is -0.178. The Labute approximate surface area is 107 Å². The van der Waals surface area contributed by atoms with E-state index in [1.165, 1.54) is 0 Å². The summed E-state index contributed by atoms with van der Waals surface area (Å²) in [4.78, 5) is 12.1. The molecule has 2 aliphatic rings. The molecule has 0 saturated carbocycles. The molecular weight excluding hydrogens is 228 g/mol. The van der Waals surface area contributed by atoms with Gasteiger partial charge in [-0.15, -0.1) is 0 Å². The number of hydrogen-bond donors (Lipinski definition) is 1. The summed E-state index contributed by atoms with van der Waals surface area (Å²) in [5, 5.41) is 10.5. The Balaban J connectivity index is 2.46. The highest BCUT2D eigenvalue weighted by molar-refractivity contribution is 6.13. The number of ether oxygens (including phenoxy) is 1. The summed E-state index contributed by atoms with van der Waals surface area (Å²) < 4.78 is 5.53. The molecule has 3 heteroatoms. The van der Waals surface area contributed by atoms with Gasteiger partial charge in [0.05, 0.1) is 6.10 Å². The maximum atomic E-state index is 12.1. The number of Topliss-reactive ketones (excluding diaryl/α,β-unsaturated/α-hetero) is 1. The van der Waals surface area contributed by atoms with Crippen LogP contribution in [0.4, 0.5) is 0 Å². The molecule has 0 aliphatic heterocycles. The molecular formula is C15H18O3. The van der Waals surface area contributed by atoms with E-state index in [1.54, 1.807) is 6.92 Å². The van der Waals surface area contributed by atoms with Crippen molar-refractivity contribution in [1.82, 2.24) is 0 Å². The zero-order valence-corrected chi connectivity index (χ0v) is 10.9. The van der Waals surface area contributed by atoms with E-state index in [0.717, 1.165) is 0 Å². The van der Waals surface area contributed by atoms with Crippen LogP contribution in [0.2, 0.25) is 0 Å². The van der Waals surface area contributed by atoms with Crippen LogP contribution in [-0.4, -0.2) is 22.6 Å². The zero-order valence-electron chi connectivity index (χ0n) is 10.9. The van der Waals surface area contributed by atoms with Gasteiger partial charge in [-0.25, -0.2) is 0 Å². The maximum Gasteiger partial charge on any atom is 0.237 e. The second-order valence-corrected chi connectivity index (χ2v) is 5.02. The van der Waals surface area contributed by atoms with Crippen LogP contribution in [0.25, 0.3) is 0 Å². The molecule has 0 heterocycles. The van der Waals surface area contributed by atoms with Crippen LogP contribution >= 0.6 is 0 Å². The summed E-state index contributed by atoms with van der Waals surface area (Å²) in [6.45, 7) is 9.10. The topological polar surface area (TPSA) is 46.5 Å². The van der Waals surface area contributed by atoms with E-state index in [0.29, 0.717) is 11.1 Å². The normalized spacial score (nSPS) is 27.1. The van der Waals surface area contributed by atoms with Gasteiger partial charge in [-0.2, -0.15) is 0 Å². The van der Waals surface area contributed by atoms with E-state index in [1.807, 2.05) is 38.2 Å². The minimum absolute atomic E-state index is 0.0850. The van der Waals surface area contributed by atoms with E-state index < -0.39 is 5.60 Å². The Kier molecular flexibility index (Phi) is 3.03. The Morgan fingerprint density at radius 3 is 2.44 bits per heavy atom. The smallest absolute Gasteiger partial charge is 0.237 e. The third-order valence-electron chi connectivity index (χ3n) is 3.22. The summed E-state index contributed by atoms with van der Waals surface area (Å²) in [6, 6.07) is 0. The summed E-state index contributed by atoms with van der Waals surface area (Å²) in [6.07, 6.45) is 7.56. The molecule has 2 rings (SSSR count). The van der Waals surface area contributed by atoms with E-state index >= 15 is 0 Å². The van der Waals surface area contributed by atoms with Gasteiger partial charge in [0.25, 0.3) is 0 Å². The zero-order chi connectivity index (χ0) is 13.5. The first-order valence-corrected chi connectivity index (χ1v) is 6.08. The SMILES string of the molecule is C=C(C)C1(O)C(=O)C(OC(C)C)=C1C1C=CC=C1. The van der Waals surface area contributed by atoms with Crippen LogP contribution in [0.1, 0.15) is 20.8 Å². The molecule has 0 bridgehead atoms. The largest absolute Gasteiger partial charge is 0.487 e. The van der Waals surface area contributed by atoms with E-state index in [2.05, 4.69) is 6.58 Å². The van der Waals surface area contributed by atoms with Crippen molar-refractivity contribution in [2.24, 2.45) is 5.92 Å². The second-order valence-electron chi connectivity index (χ2n) is 5.02. The van der Waals surface area contributed by atoms with Gasteiger partial charge in [0.15, 0.2) is 11.4 Å². The van der Waals surface area contributed by atoms with E-state index in [9.17, 15) is 9.90 Å². The van der Waals surface area contributed by atoms with Crippen LogP contribution in [0.15, 0.2) is 47.8 Å². The van der Waals surface area contributed by atoms with Crippen molar-refractivity contribution in [3.8, 4) is 0 Å². The minimum Gasteiger partial charge on any atom is -0.487 e. The Morgan fingerprint density at radius 2 is 2.00 bits per heavy atom. The van der Waals surface area contributed by atoms with Crippen LogP contribution in [0, 0.1) is 5.92 Å². The van der Waals surface area contributed by atoms with Gasteiger partial charge in [0.1, 0.15) is 0 Å². The van der Waals surface area contributed by atoms with Gasteiger partial charge in [0.2, 0.25) is 5.78 Å². The summed E-state index contributed by atoms with van der Waals surface area (Å²) in [5.41, 5.74) is -0.514. The highest BCUT2D eigenvalue weighted by Crippen LogP contribution is 2.46. The van der Waals surface area contributed by atoms with Gasteiger partial charge in [-0.3, -0.25) is 4.79 Å². The number of hydrogen-bond acceptors (Lipinski definition) is 3. The van der Waals surface area contributed by atoms with Crippen molar-refractivity contribution >= 4 is 5.78 Å². The molecule has 0 fully saturated rings. The minimum atomic E-state index is -1.56. The van der Waals surface area contributed by atoms with Crippen LogP contribution in [0.3, 0.4) is 0 Å². The van der Waals surface area contributed by atoms with Gasteiger partial charge in [-0.05, 0) is 26.3 Å². The van der Waals surface area contributed by atoms with Gasteiger partial charge in [-0.1, -0.05) is 30.9 Å². The lowest BCUT2D eigenvalue weighted by Crippen LogP contribution is -2.54. The predicted molar refractivity (Wildman–Crippen MR) is 69.8 cm³/mol. The van der Waals surface area contributed by atoms with Crippen molar-refractivity contribution in [1.29, 1.82) is 0 Å². The lowest BCUT2D eigenvalue weighted by atomic mass is 9.67. The molecule has 2 aliphatic carbocycles. The number of aliphatic hydroxyl groups is 1. The fourth-order valence-corrected chi connectivity index (χ4v) is 2.30. The first-order chi connectivity index (χ1) is 8.39. The number of carbonyl (C=O) groups excluding carboxylic acids is 1. The molecule has 1 unspecified atom stereocenters. The molecule has 0 aromatic rings. The Hall–Kier alpha value is -1.61. The van der Waals surface area contributed by atoms with E-state index in [-0.39, 0.29) is 23.6 Å². The third-order valence-corrected chi connectivity index (χ3v) is 3.22. The molecule has 0 saturated heterocycles. The van der Waals surface area contributed by atoms with Crippen molar-refractivity contribution in [2.75, 3.05) is 0 Å². The van der Waals surface area contributed by atoms with Gasteiger partial charge in [0, 0.05) is 11.5 Å². The van der Waals surface area contributed by atoms with Crippen molar-refractivity contribution in [2.45, 2.75) is 32.5 Å². The number of carbonyl (C=O) groups is 1. The molecule has 0 aromatic carbocycles. The first-order valence-electron chi connectivity index (χ1n) is 6.08. The Morgan fingerprint density at radius 1 is 1.44 bits per heavy atom. The molecule has 0 amide bonds. The number of rotatable bonds is 4. The molecule has 18 heavy (non-hydrogen) atoms. The maximum absolute atomic E-state index is 12.1. The van der Waals surface area contributed by atoms with Crippen LogP contribution in [0.5, 0.6) is 0 Å². The molecule has 96 valence electrons. The monoisotopic (exact) mass is 246 g/mol. The van der Waals surface area contributed by atoms with Crippen molar-refractivity contribution in [3.05, 3.63) is 47.8 Å². The van der Waals surface area contributed by atoms with Crippen molar-refractivity contribution < 1.29 is 14.6 Å². The standard InChI is InChI=1S/C15H18O3/c1-9(2)15(17)12(11-7-5-6-8-11)13(14(15)16)18-10(3)4/h5-8,10-11,17H,1H2,2-4H3. The van der Waals surface area contributed by atoms with Crippen LogP contribution < -0.4 is 0 Å². The highest BCUT2D eigenvalue weighted by atomic mass is 16.5. The van der Waals surface area contributed by atoms with Gasteiger partial charge >= 0.3 is 0 Å². The molecule has 0 aromatic heterocycles. The quantitative estimate of drug-likeness (QED) is 0.774. The average Bonchev–Trinajstić information content (AvgIpc) is 2.79. The first kappa shape index (κ1) is 12.8. The lowest BCUT2D eigenvalue weighted by molar-refractivity contribution is -0.137. The third kappa shape index (κ3) is 1.66. The summed E-state index contributed by atoms with van der Waals surface area (Å²) in [7, 11) is 0. The highest BCUT2D eigenvalue weighted by Gasteiger charge is 2.56. The molecule has 3 nitrogen and oxygen atoms in total. The fraction of sp³-hybridized carbons (Fsp3) is 0.400. The fourth-order valence-electron chi connectivity index (χ4n) is 2.30. The number of ketones is 1. The molecule has 0 radical (unpaired) electrons. The molecule has 1 atom stereocenters. The van der Waals surface area contributed by atoms with Crippen LogP contribution in [-0.2, 0) is 9.53 Å². The number of allylic oxidation sites excluding steroid dienone is 4. The second kappa shape index (κ2) is 4.25. The average molecular weight is 246 g/mol. The lowest BCUT2D eigenvalue weighted by Gasteiger charge is -2.42. The van der Waals surface area contributed by atoms with Crippen molar-refractivity contribution in [3.63, 3.8) is 0 Å². The predicted octanol–water partition coefficient (Wildman–Crippen LogP) is 2.30. The molecule has 0 spiro atoms. The summed E-state index contributed by atoms with van der Waals surface area (Å²) >= 11 is 0. The van der Waals surface area contributed by atoms with Gasteiger partial charge < -0.3 is 9.84 Å². The Bertz CT molecular complexity index is 482. The van der Waals surface area contributed by atoms with E-state index in [4.69, 9.17) is 4.74 Å².